The second kappa shape index (κ2) is 7.46. The number of nitrogens with one attached hydrogen (secondary N) is 2. The van der Waals surface area contributed by atoms with Gasteiger partial charge in [0.25, 0.3) is 5.91 Å². The molecular weight excluding hydrogens is 297 g/mol. The van der Waals surface area contributed by atoms with Crippen LogP contribution >= 0.6 is 0 Å². The number of carbonyl (C=O) groups excluding carboxylic acids is 1. The standard InChI is InChI=1S/C17H24FN3O2/c1-11(2)19-15-10-14(18)13(9-16(15)23-4)17(22)20-12-5-7-21(3)8-6-12/h9-10,12,19H,1,5-8H2,2-4H3,(H,20,22). The number of halogens is 1. The topological polar surface area (TPSA) is 53.6 Å². The van der Waals surface area contributed by atoms with Crippen LogP contribution in [0.25, 0.3) is 0 Å². The molecule has 0 radical (unpaired) electrons. The van der Waals surface area contributed by atoms with Gasteiger partial charge in [0.2, 0.25) is 0 Å². The molecule has 1 fully saturated rings. The predicted molar refractivity (Wildman–Crippen MR) is 89.4 cm³/mol. The highest BCUT2D eigenvalue weighted by molar-refractivity contribution is 5.95. The van der Waals surface area contributed by atoms with Crippen molar-refractivity contribution in [3.63, 3.8) is 0 Å². The van der Waals surface area contributed by atoms with Gasteiger partial charge in [0.1, 0.15) is 11.6 Å². The lowest BCUT2D eigenvalue weighted by atomic mass is 10.0. The molecule has 1 aromatic carbocycles. The lowest BCUT2D eigenvalue weighted by Gasteiger charge is -2.29. The van der Waals surface area contributed by atoms with Crippen LogP contribution in [-0.4, -0.2) is 44.1 Å². The van der Waals surface area contributed by atoms with Crippen LogP contribution in [-0.2, 0) is 0 Å². The Balaban J connectivity index is 2.15. The third-order valence-electron chi connectivity index (χ3n) is 3.94. The van der Waals surface area contributed by atoms with Crippen molar-refractivity contribution in [1.29, 1.82) is 0 Å². The number of methoxy groups -OCH3 is 1. The number of benzene rings is 1. The maximum absolute atomic E-state index is 14.3. The molecule has 0 aliphatic carbocycles. The number of rotatable bonds is 5. The maximum Gasteiger partial charge on any atom is 0.254 e. The van der Waals surface area contributed by atoms with E-state index < -0.39 is 11.7 Å². The number of carbonyl (C=O) groups is 1. The lowest BCUT2D eigenvalue weighted by Crippen LogP contribution is -2.43. The normalized spacial score (nSPS) is 16.0. The molecule has 6 heteroatoms. The molecule has 1 heterocycles. The van der Waals surface area contributed by atoms with Crippen LogP contribution in [0.2, 0.25) is 0 Å². The van der Waals surface area contributed by atoms with Crippen LogP contribution in [0.15, 0.2) is 24.4 Å². The van der Waals surface area contributed by atoms with E-state index in [9.17, 15) is 9.18 Å². The molecule has 5 nitrogen and oxygen atoms in total. The number of hydrogen-bond acceptors (Lipinski definition) is 4. The third-order valence-corrected chi connectivity index (χ3v) is 3.94. The van der Waals surface area contributed by atoms with Crippen LogP contribution < -0.4 is 15.4 Å². The van der Waals surface area contributed by atoms with Crippen molar-refractivity contribution < 1.29 is 13.9 Å². The minimum absolute atomic E-state index is 0.00644. The predicted octanol–water partition coefficient (Wildman–Crippen LogP) is 2.60. The summed E-state index contributed by atoms with van der Waals surface area (Å²) in [7, 11) is 3.53. The molecule has 2 N–H and O–H groups in total. The van der Waals surface area contributed by atoms with Gasteiger partial charge in [-0.2, -0.15) is 0 Å². The van der Waals surface area contributed by atoms with Gasteiger partial charge in [-0.3, -0.25) is 4.79 Å². The molecule has 0 saturated carbocycles. The number of likely N-dealkylation sites (tertiary alicyclic amines) is 1. The second-order valence-electron chi connectivity index (χ2n) is 5.99. The molecule has 2 rings (SSSR count). The van der Waals surface area contributed by atoms with Crippen LogP contribution in [0.1, 0.15) is 30.1 Å². The van der Waals surface area contributed by atoms with Gasteiger partial charge in [-0.15, -0.1) is 0 Å². The molecule has 23 heavy (non-hydrogen) atoms. The summed E-state index contributed by atoms with van der Waals surface area (Å²) in [5.41, 5.74) is 1.10. The molecule has 0 spiro atoms. The van der Waals surface area contributed by atoms with Crippen molar-refractivity contribution in [2.75, 3.05) is 32.6 Å². The molecule has 126 valence electrons. The number of nitrogens with zero attached hydrogens (tertiary/aromatic N) is 1. The highest BCUT2D eigenvalue weighted by atomic mass is 19.1. The van der Waals surface area contributed by atoms with Crippen LogP contribution in [0.3, 0.4) is 0 Å². The minimum Gasteiger partial charge on any atom is -0.495 e. The number of anilines is 1. The fourth-order valence-electron chi connectivity index (χ4n) is 2.64. The Morgan fingerprint density at radius 3 is 2.61 bits per heavy atom. The van der Waals surface area contributed by atoms with Gasteiger partial charge in [0, 0.05) is 17.8 Å². The van der Waals surface area contributed by atoms with Gasteiger partial charge in [-0.1, -0.05) is 6.58 Å². The monoisotopic (exact) mass is 321 g/mol. The van der Waals surface area contributed by atoms with Gasteiger partial charge in [0.15, 0.2) is 0 Å². The molecule has 1 saturated heterocycles. The summed E-state index contributed by atoms with van der Waals surface area (Å²) in [6.45, 7) is 7.34. The van der Waals surface area contributed by atoms with Crippen molar-refractivity contribution in [3.05, 3.63) is 35.8 Å². The molecule has 1 aliphatic heterocycles. The Bertz CT molecular complexity index is 596. The van der Waals surface area contributed by atoms with E-state index in [1.54, 1.807) is 6.92 Å². The number of ether oxygens (including phenoxy) is 1. The largest absolute Gasteiger partial charge is 0.495 e. The summed E-state index contributed by atoms with van der Waals surface area (Å²) >= 11 is 0. The van der Waals surface area contributed by atoms with E-state index in [2.05, 4.69) is 29.2 Å². The third kappa shape index (κ3) is 4.45. The summed E-state index contributed by atoms with van der Waals surface area (Å²) in [5.74, 6) is -0.583. The summed E-state index contributed by atoms with van der Waals surface area (Å²) < 4.78 is 19.5. The van der Waals surface area contributed by atoms with Crippen LogP contribution in [0, 0.1) is 5.82 Å². The minimum atomic E-state index is -0.583. The van der Waals surface area contributed by atoms with E-state index in [1.807, 2.05) is 0 Å². The van der Waals surface area contributed by atoms with E-state index >= 15 is 0 Å². The zero-order chi connectivity index (χ0) is 17.0. The number of hydrogen-bond donors (Lipinski definition) is 2. The first-order valence-electron chi connectivity index (χ1n) is 7.70. The Hall–Kier alpha value is -2.08. The Kier molecular flexibility index (Phi) is 5.60. The van der Waals surface area contributed by atoms with E-state index in [1.165, 1.54) is 19.2 Å². The number of amides is 1. The smallest absolute Gasteiger partial charge is 0.254 e. The fourth-order valence-corrected chi connectivity index (χ4v) is 2.64. The first-order valence-corrected chi connectivity index (χ1v) is 7.70. The first-order chi connectivity index (χ1) is 10.9. The van der Waals surface area contributed by atoms with E-state index in [-0.39, 0.29) is 11.6 Å². The van der Waals surface area contributed by atoms with Crippen LogP contribution in [0.5, 0.6) is 5.75 Å². The summed E-state index contributed by atoms with van der Waals surface area (Å²) in [4.78, 5) is 14.6. The quantitative estimate of drug-likeness (QED) is 0.875. The average molecular weight is 321 g/mol. The molecule has 0 aromatic heterocycles. The van der Waals surface area contributed by atoms with Crippen molar-refractivity contribution in [2.24, 2.45) is 0 Å². The zero-order valence-electron chi connectivity index (χ0n) is 13.9. The van der Waals surface area contributed by atoms with Gasteiger partial charge in [-0.05, 0) is 46.0 Å². The average Bonchev–Trinajstić information content (AvgIpc) is 2.49. The molecular formula is C17H24FN3O2. The SMILES string of the molecule is C=C(C)Nc1cc(F)c(C(=O)NC2CCN(C)CC2)cc1OC. The lowest BCUT2D eigenvalue weighted by molar-refractivity contribution is 0.0912. The van der Waals surface area contributed by atoms with Crippen molar-refractivity contribution in [3.8, 4) is 5.75 Å². The first kappa shape index (κ1) is 17.3. The Morgan fingerprint density at radius 1 is 1.39 bits per heavy atom. The highest BCUT2D eigenvalue weighted by Crippen LogP contribution is 2.29. The maximum atomic E-state index is 14.3. The second-order valence-corrected chi connectivity index (χ2v) is 5.99. The molecule has 1 aliphatic rings. The van der Waals surface area contributed by atoms with E-state index in [0.717, 1.165) is 25.9 Å². The zero-order valence-corrected chi connectivity index (χ0v) is 13.9. The van der Waals surface area contributed by atoms with Crippen molar-refractivity contribution in [1.82, 2.24) is 10.2 Å². The van der Waals surface area contributed by atoms with Gasteiger partial charge >= 0.3 is 0 Å². The van der Waals surface area contributed by atoms with Gasteiger partial charge in [-0.25, -0.2) is 4.39 Å². The molecule has 1 aromatic rings. The van der Waals surface area contributed by atoms with Gasteiger partial charge < -0.3 is 20.3 Å². The fraction of sp³-hybridized carbons (Fsp3) is 0.471. The molecule has 0 bridgehead atoms. The molecule has 0 atom stereocenters. The number of piperidine rings is 1. The van der Waals surface area contributed by atoms with Crippen molar-refractivity contribution >= 4 is 11.6 Å². The molecule has 1 amide bonds. The summed E-state index contributed by atoms with van der Waals surface area (Å²) in [6.07, 6.45) is 1.74. The van der Waals surface area contributed by atoms with Crippen LogP contribution in [0.4, 0.5) is 10.1 Å². The highest BCUT2D eigenvalue weighted by Gasteiger charge is 2.22. The van der Waals surface area contributed by atoms with Gasteiger partial charge in [0.05, 0.1) is 18.4 Å². The number of allylic oxidation sites excluding steroid dienone is 1. The van der Waals surface area contributed by atoms with E-state index in [4.69, 9.17) is 4.74 Å². The Labute approximate surface area is 136 Å². The molecule has 0 unspecified atom stereocenters. The van der Waals surface area contributed by atoms with Crippen molar-refractivity contribution in [2.45, 2.75) is 25.8 Å². The Morgan fingerprint density at radius 2 is 2.04 bits per heavy atom. The summed E-state index contributed by atoms with van der Waals surface area (Å²) in [6, 6.07) is 2.76. The van der Waals surface area contributed by atoms with E-state index in [0.29, 0.717) is 17.1 Å². The summed E-state index contributed by atoms with van der Waals surface area (Å²) in [5, 5.41) is 5.83.